The summed E-state index contributed by atoms with van der Waals surface area (Å²) >= 11 is 5.48. The number of hydrogen-bond donors (Lipinski definition) is 1. The summed E-state index contributed by atoms with van der Waals surface area (Å²) in [7, 11) is 1.68. The molecule has 1 fully saturated rings. The molecule has 5 heteroatoms. The van der Waals surface area contributed by atoms with Crippen molar-refractivity contribution in [2.45, 2.75) is 38.6 Å². The molecule has 1 aliphatic rings. The second-order valence-corrected chi connectivity index (χ2v) is 6.17. The quantitative estimate of drug-likeness (QED) is 0.856. The van der Waals surface area contributed by atoms with Crippen LogP contribution in [0.5, 0.6) is 5.75 Å². The first-order valence-electron chi connectivity index (χ1n) is 7.52. The molecule has 2 aromatic rings. The van der Waals surface area contributed by atoms with Crippen LogP contribution in [0.2, 0.25) is 0 Å². The highest BCUT2D eigenvalue weighted by Crippen LogP contribution is 2.36. The number of H-pyrrole nitrogens is 1. The van der Waals surface area contributed by atoms with Crippen LogP contribution in [-0.2, 0) is 0 Å². The van der Waals surface area contributed by atoms with Gasteiger partial charge in [-0.2, -0.15) is 5.10 Å². The third-order valence-corrected chi connectivity index (χ3v) is 4.74. The van der Waals surface area contributed by atoms with Gasteiger partial charge in [-0.05, 0) is 55.2 Å². The van der Waals surface area contributed by atoms with E-state index in [1.54, 1.807) is 7.11 Å². The van der Waals surface area contributed by atoms with Crippen LogP contribution in [0.25, 0.3) is 11.4 Å². The Morgan fingerprint density at radius 3 is 2.62 bits per heavy atom. The summed E-state index contributed by atoms with van der Waals surface area (Å²) in [4.78, 5) is 0. The molecule has 3 rings (SSSR count). The number of benzene rings is 1. The summed E-state index contributed by atoms with van der Waals surface area (Å²) in [5, 5.41) is 7.42. The van der Waals surface area contributed by atoms with E-state index >= 15 is 0 Å². The van der Waals surface area contributed by atoms with Gasteiger partial charge in [0.05, 0.1) is 7.11 Å². The molecule has 4 nitrogen and oxygen atoms in total. The summed E-state index contributed by atoms with van der Waals surface area (Å²) in [6.45, 7) is 2.32. The molecule has 1 aromatic heterocycles. The molecule has 2 atom stereocenters. The highest BCUT2D eigenvalue weighted by molar-refractivity contribution is 7.71. The molecule has 0 bridgehead atoms. The Labute approximate surface area is 130 Å². The average Bonchev–Trinajstić information content (AvgIpc) is 2.89. The van der Waals surface area contributed by atoms with E-state index < -0.39 is 0 Å². The molecular formula is C16H21N3OS. The van der Waals surface area contributed by atoms with Gasteiger partial charge in [-0.25, -0.2) is 0 Å². The Hall–Kier alpha value is -1.62. The van der Waals surface area contributed by atoms with E-state index in [2.05, 4.69) is 21.7 Å². The van der Waals surface area contributed by atoms with Crippen molar-refractivity contribution in [3.8, 4) is 17.1 Å². The number of hydrogen-bond acceptors (Lipinski definition) is 3. The van der Waals surface area contributed by atoms with Crippen molar-refractivity contribution in [2.24, 2.45) is 5.92 Å². The van der Waals surface area contributed by atoms with Crippen molar-refractivity contribution in [2.75, 3.05) is 7.11 Å². The molecule has 1 aromatic carbocycles. The van der Waals surface area contributed by atoms with Gasteiger partial charge in [0.2, 0.25) is 0 Å². The van der Waals surface area contributed by atoms with Gasteiger partial charge in [-0.3, -0.25) is 9.67 Å². The van der Waals surface area contributed by atoms with Gasteiger partial charge in [0, 0.05) is 11.6 Å². The van der Waals surface area contributed by atoms with Crippen LogP contribution in [-0.4, -0.2) is 21.9 Å². The molecule has 0 spiro atoms. The Morgan fingerprint density at radius 1 is 1.24 bits per heavy atom. The van der Waals surface area contributed by atoms with E-state index in [0.717, 1.165) is 21.9 Å². The molecule has 0 saturated heterocycles. The lowest BCUT2D eigenvalue weighted by Gasteiger charge is -2.30. The number of rotatable bonds is 3. The van der Waals surface area contributed by atoms with E-state index in [9.17, 15) is 0 Å². The zero-order chi connectivity index (χ0) is 14.8. The SMILES string of the molecule is COc1ccc(-c2n[nH]c(=S)n2[C@H]2CCCC[C@@H]2C)cc1. The fourth-order valence-corrected chi connectivity index (χ4v) is 3.50. The van der Waals surface area contributed by atoms with Gasteiger partial charge in [-0.15, -0.1) is 0 Å². The lowest BCUT2D eigenvalue weighted by Crippen LogP contribution is -2.22. The average molecular weight is 303 g/mol. The topological polar surface area (TPSA) is 42.8 Å². The number of methoxy groups -OCH3 is 1. The third kappa shape index (κ3) is 2.75. The molecule has 112 valence electrons. The van der Waals surface area contributed by atoms with Crippen molar-refractivity contribution in [3.63, 3.8) is 0 Å². The Bertz CT molecular complexity index is 659. The van der Waals surface area contributed by atoms with Crippen LogP contribution < -0.4 is 4.74 Å². The molecule has 0 aliphatic heterocycles. The van der Waals surface area contributed by atoms with E-state index in [0.29, 0.717) is 12.0 Å². The van der Waals surface area contributed by atoms with Gasteiger partial charge in [0.15, 0.2) is 10.6 Å². The first kappa shape index (κ1) is 14.3. The molecule has 1 N–H and O–H groups in total. The van der Waals surface area contributed by atoms with Gasteiger partial charge in [0.25, 0.3) is 0 Å². The molecule has 21 heavy (non-hydrogen) atoms. The first-order chi connectivity index (χ1) is 10.2. The molecule has 1 saturated carbocycles. The fraction of sp³-hybridized carbons (Fsp3) is 0.500. The van der Waals surface area contributed by atoms with Crippen LogP contribution >= 0.6 is 12.2 Å². The molecule has 0 amide bonds. The first-order valence-corrected chi connectivity index (χ1v) is 7.93. The predicted octanol–water partition coefficient (Wildman–Crippen LogP) is 4.37. The van der Waals surface area contributed by atoms with E-state index in [1.807, 2.05) is 24.3 Å². The number of nitrogens with zero attached hydrogens (tertiary/aromatic N) is 2. The monoisotopic (exact) mass is 303 g/mol. The normalized spacial score (nSPS) is 22.2. The number of aromatic nitrogens is 3. The number of ether oxygens (including phenoxy) is 1. The van der Waals surface area contributed by atoms with Crippen LogP contribution in [0.1, 0.15) is 38.6 Å². The standard InChI is InChI=1S/C16H21N3OS/c1-11-5-3-4-6-14(11)19-15(17-18-16(19)21)12-7-9-13(20-2)10-8-12/h7-11,14H,3-6H2,1-2H3,(H,18,21)/t11-,14-/m0/s1. The van der Waals surface area contributed by atoms with Gasteiger partial charge in [-0.1, -0.05) is 19.8 Å². The minimum absolute atomic E-state index is 0.446. The predicted molar refractivity (Wildman–Crippen MR) is 86.1 cm³/mol. The minimum atomic E-state index is 0.446. The summed E-state index contributed by atoms with van der Waals surface area (Å²) in [6.07, 6.45) is 5.03. The zero-order valence-electron chi connectivity index (χ0n) is 12.5. The summed E-state index contributed by atoms with van der Waals surface area (Å²) in [5.41, 5.74) is 1.07. The largest absolute Gasteiger partial charge is 0.497 e. The second kappa shape index (κ2) is 6.02. The summed E-state index contributed by atoms with van der Waals surface area (Å²) in [5.74, 6) is 2.42. The van der Waals surface area contributed by atoms with Crippen molar-refractivity contribution in [3.05, 3.63) is 29.0 Å². The maximum Gasteiger partial charge on any atom is 0.195 e. The second-order valence-electron chi connectivity index (χ2n) is 5.78. The van der Waals surface area contributed by atoms with E-state index in [-0.39, 0.29) is 0 Å². The highest BCUT2D eigenvalue weighted by Gasteiger charge is 2.26. The maximum absolute atomic E-state index is 5.48. The lowest BCUT2D eigenvalue weighted by atomic mass is 9.85. The molecule has 1 aliphatic carbocycles. The third-order valence-electron chi connectivity index (χ3n) is 4.45. The minimum Gasteiger partial charge on any atom is -0.497 e. The number of aromatic amines is 1. The molecule has 1 heterocycles. The van der Waals surface area contributed by atoms with Crippen LogP contribution in [0.3, 0.4) is 0 Å². The smallest absolute Gasteiger partial charge is 0.195 e. The van der Waals surface area contributed by atoms with E-state index in [1.165, 1.54) is 25.7 Å². The Balaban J connectivity index is 2.01. The maximum atomic E-state index is 5.48. The van der Waals surface area contributed by atoms with Crippen molar-refractivity contribution in [1.82, 2.24) is 14.8 Å². The van der Waals surface area contributed by atoms with Gasteiger partial charge in [0.1, 0.15) is 5.75 Å². The molecule has 0 radical (unpaired) electrons. The van der Waals surface area contributed by atoms with E-state index in [4.69, 9.17) is 17.0 Å². The van der Waals surface area contributed by atoms with Crippen molar-refractivity contribution in [1.29, 1.82) is 0 Å². The lowest BCUT2D eigenvalue weighted by molar-refractivity contribution is 0.257. The van der Waals surface area contributed by atoms with Gasteiger partial charge >= 0.3 is 0 Å². The van der Waals surface area contributed by atoms with Crippen LogP contribution in [0, 0.1) is 10.7 Å². The van der Waals surface area contributed by atoms with Crippen molar-refractivity contribution >= 4 is 12.2 Å². The van der Waals surface area contributed by atoms with Crippen LogP contribution in [0.15, 0.2) is 24.3 Å². The summed E-state index contributed by atoms with van der Waals surface area (Å²) < 4.78 is 8.15. The van der Waals surface area contributed by atoms with Gasteiger partial charge < -0.3 is 4.74 Å². The fourth-order valence-electron chi connectivity index (χ4n) is 3.24. The Morgan fingerprint density at radius 2 is 1.95 bits per heavy atom. The Kier molecular flexibility index (Phi) is 4.10. The highest BCUT2D eigenvalue weighted by atomic mass is 32.1. The summed E-state index contributed by atoms with van der Waals surface area (Å²) in [6, 6.07) is 8.44. The molecule has 0 unspecified atom stereocenters. The van der Waals surface area contributed by atoms with Crippen LogP contribution in [0.4, 0.5) is 0 Å². The van der Waals surface area contributed by atoms with Crippen molar-refractivity contribution < 1.29 is 4.74 Å². The number of nitrogens with one attached hydrogen (secondary N) is 1. The zero-order valence-corrected chi connectivity index (χ0v) is 13.3. The molecular weight excluding hydrogens is 282 g/mol.